The predicted octanol–water partition coefficient (Wildman–Crippen LogP) is 1.20. The molecule has 8 nitrogen and oxygen atoms in total. The van der Waals surface area contributed by atoms with E-state index in [2.05, 4.69) is 16.8 Å². The third-order valence-corrected chi connectivity index (χ3v) is 4.91. The molecule has 0 bridgehead atoms. The number of carbonyl (C=O) groups excluding carboxylic acids is 1. The Bertz CT molecular complexity index is 927. The summed E-state index contributed by atoms with van der Waals surface area (Å²) >= 11 is 0. The largest absolute Gasteiger partial charge is 0.504 e. The molecule has 3 atom stereocenters. The quantitative estimate of drug-likeness (QED) is 0.460. The van der Waals surface area contributed by atoms with Crippen LogP contribution in [-0.2, 0) is 16.0 Å². The van der Waals surface area contributed by atoms with Crippen LogP contribution in [0, 0.1) is 5.92 Å². The molecule has 0 amide bonds. The van der Waals surface area contributed by atoms with Gasteiger partial charge in [0.05, 0.1) is 18.6 Å². The number of aliphatic hydroxyl groups is 1. The van der Waals surface area contributed by atoms with Crippen LogP contribution in [0.25, 0.3) is 0 Å². The second-order valence-electron chi connectivity index (χ2n) is 6.81. The Morgan fingerprint density at radius 2 is 2.19 bits per heavy atom. The minimum Gasteiger partial charge on any atom is -0.504 e. The average Bonchev–Trinajstić information content (AvgIpc) is 2.98. The third-order valence-electron chi connectivity index (χ3n) is 4.91. The van der Waals surface area contributed by atoms with Crippen molar-refractivity contribution in [2.24, 2.45) is 5.92 Å². The first-order valence-electron chi connectivity index (χ1n) is 8.46. The molecule has 1 aromatic heterocycles. The summed E-state index contributed by atoms with van der Waals surface area (Å²) in [6, 6.07) is 4.56. The summed E-state index contributed by atoms with van der Waals surface area (Å²) in [5.41, 5.74) is -0.424. The van der Waals surface area contributed by atoms with Gasteiger partial charge < -0.3 is 24.8 Å². The smallest absolute Gasteiger partial charge is 0.313 e. The lowest BCUT2D eigenvalue weighted by Gasteiger charge is -2.40. The molecule has 0 radical (unpaired) electrons. The molecule has 144 valence electrons. The number of H-pyrrole nitrogens is 2. The second-order valence-corrected chi connectivity index (χ2v) is 6.81. The molecule has 0 aliphatic heterocycles. The number of ether oxygens (including phenoxy) is 2. The Morgan fingerprint density at radius 1 is 1.44 bits per heavy atom. The van der Waals surface area contributed by atoms with E-state index in [0.29, 0.717) is 16.8 Å². The zero-order chi connectivity index (χ0) is 19.8. The molecule has 0 fully saturated rings. The van der Waals surface area contributed by atoms with Crippen LogP contribution >= 0.6 is 0 Å². The number of phenolic OH excluding ortho intramolecular Hbond substituents is 1. The van der Waals surface area contributed by atoms with Crippen molar-refractivity contribution in [3.8, 4) is 11.5 Å². The summed E-state index contributed by atoms with van der Waals surface area (Å²) < 4.78 is 10.4. The molecule has 27 heavy (non-hydrogen) atoms. The Morgan fingerprint density at radius 3 is 2.85 bits per heavy atom. The molecule has 1 heterocycles. The first kappa shape index (κ1) is 18.8. The maximum Gasteiger partial charge on any atom is 0.313 e. The van der Waals surface area contributed by atoms with Crippen molar-refractivity contribution in [2.45, 2.75) is 24.9 Å². The zero-order valence-electron chi connectivity index (χ0n) is 15.1. The normalized spacial score (nSPS) is 24.1. The lowest BCUT2D eigenvalue weighted by atomic mass is 9.66. The lowest BCUT2D eigenvalue weighted by Crippen LogP contribution is -2.50. The van der Waals surface area contributed by atoms with Gasteiger partial charge in [-0.2, -0.15) is 0 Å². The summed E-state index contributed by atoms with van der Waals surface area (Å²) in [5.74, 6) is -2.33. The molecule has 2 aromatic rings. The fourth-order valence-corrected chi connectivity index (χ4v) is 3.73. The van der Waals surface area contributed by atoms with E-state index >= 15 is 0 Å². The predicted molar refractivity (Wildman–Crippen MR) is 96.9 cm³/mol. The Hall–Kier alpha value is -3.00. The Kier molecular flexibility index (Phi) is 4.84. The number of carbonyl (C=O) groups is 1. The number of esters is 1. The van der Waals surface area contributed by atoms with Crippen LogP contribution in [0.15, 0.2) is 35.6 Å². The van der Waals surface area contributed by atoms with E-state index in [1.165, 1.54) is 26.2 Å². The lowest BCUT2D eigenvalue weighted by molar-refractivity contribution is -0.158. The number of fused-ring (bicyclic) bond motifs is 1. The van der Waals surface area contributed by atoms with E-state index in [1.807, 2.05) is 0 Å². The molecule has 0 unspecified atom stereocenters. The minimum atomic E-state index is -1.47. The van der Waals surface area contributed by atoms with E-state index in [4.69, 9.17) is 9.47 Å². The van der Waals surface area contributed by atoms with Gasteiger partial charge in [0, 0.05) is 23.6 Å². The highest BCUT2D eigenvalue weighted by molar-refractivity contribution is 5.77. The van der Waals surface area contributed by atoms with Gasteiger partial charge in [-0.3, -0.25) is 14.7 Å². The van der Waals surface area contributed by atoms with Gasteiger partial charge in [0.2, 0.25) is 0 Å². The Labute approximate surface area is 155 Å². The number of nitrogens with one attached hydrogen (secondary N) is 2. The number of phenols is 1. The van der Waals surface area contributed by atoms with Crippen LogP contribution in [0.4, 0.5) is 0 Å². The first-order valence-corrected chi connectivity index (χ1v) is 8.46. The third kappa shape index (κ3) is 3.23. The first-order chi connectivity index (χ1) is 12.8. The van der Waals surface area contributed by atoms with Gasteiger partial charge in [-0.25, -0.2) is 0 Å². The summed E-state index contributed by atoms with van der Waals surface area (Å²) in [7, 11) is 1.40. The Balaban J connectivity index is 2.20. The minimum absolute atomic E-state index is 0.00656. The maximum atomic E-state index is 12.8. The van der Waals surface area contributed by atoms with Crippen LogP contribution in [0.1, 0.15) is 29.7 Å². The second kappa shape index (κ2) is 6.96. The van der Waals surface area contributed by atoms with Crippen molar-refractivity contribution in [2.75, 3.05) is 13.7 Å². The van der Waals surface area contributed by atoms with Gasteiger partial charge in [-0.1, -0.05) is 18.7 Å². The van der Waals surface area contributed by atoms with Crippen molar-refractivity contribution in [1.82, 2.24) is 10.2 Å². The molecule has 4 N–H and O–H groups in total. The van der Waals surface area contributed by atoms with Gasteiger partial charge >= 0.3 is 5.97 Å². The van der Waals surface area contributed by atoms with Crippen molar-refractivity contribution in [3.05, 3.63) is 58.0 Å². The monoisotopic (exact) mass is 374 g/mol. The van der Waals surface area contributed by atoms with Crippen molar-refractivity contribution in [1.29, 1.82) is 0 Å². The van der Waals surface area contributed by atoms with Crippen molar-refractivity contribution in [3.63, 3.8) is 0 Å². The molecule has 1 aliphatic carbocycles. The number of aromatic nitrogens is 2. The molecule has 8 heteroatoms. The summed E-state index contributed by atoms with van der Waals surface area (Å²) in [5, 5.41) is 26.2. The van der Waals surface area contributed by atoms with Crippen molar-refractivity contribution < 1.29 is 24.5 Å². The fraction of sp³-hybridized carbons (Fsp3) is 0.368. The maximum absolute atomic E-state index is 12.8. The highest BCUT2D eigenvalue weighted by atomic mass is 16.5. The van der Waals surface area contributed by atoms with Gasteiger partial charge in [-0.15, -0.1) is 0 Å². The highest BCUT2D eigenvalue weighted by Crippen LogP contribution is 2.45. The molecular weight excluding hydrogens is 352 g/mol. The highest BCUT2D eigenvalue weighted by Gasteiger charge is 2.51. The van der Waals surface area contributed by atoms with Gasteiger partial charge in [0.1, 0.15) is 6.61 Å². The number of hydrogen-bond acceptors (Lipinski definition) is 6. The zero-order valence-corrected chi connectivity index (χ0v) is 15.1. The van der Waals surface area contributed by atoms with Gasteiger partial charge in [0.25, 0.3) is 5.56 Å². The van der Waals surface area contributed by atoms with Crippen LogP contribution < -0.4 is 10.3 Å². The molecule has 0 saturated heterocycles. The van der Waals surface area contributed by atoms with Crippen LogP contribution in [0.3, 0.4) is 0 Å². The van der Waals surface area contributed by atoms with Crippen LogP contribution in [0.5, 0.6) is 11.5 Å². The number of rotatable bonds is 5. The van der Waals surface area contributed by atoms with Crippen molar-refractivity contribution >= 4 is 5.97 Å². The topological polar surface area (TPSA) is 125 Å². The number of benzene rings is 1. The van der Waals surface area contributed by atoms with Crippen LogP contribution in [0.2, 0.25) is 0 Å². The van der Waals surface area contributed by atoms with Gasteiger partial charge in [0.15, 0.2) is 11.5 Å². The van der Waals surface area contributed by atoms with Crippen LogP contribution in [-0.4, -0.2) is 45.7 Å². The SMILES string of the molecule is C=CCOC(=O)[C@H]1[C@@H](c2ccc(O)c(OC)c2)c2c([nH][nH]c2=O)C[C@@]1(C)O. The molecular formula is C19H22N2O6. The van der Waals surface area contributed by atoms with E-state index in [-0.39, 0.29) is 30.1 Å². The summed E-state index contributed by atoms with van der Waals surface area (Å²) in [4.78, 5) is 25.2. The molecule has 0 spiro atoms. The number of methoxy groups -OCH3 is 1. The van der Waals surface area contributed by atoms with E-state index in [1.54, 1.807) is 12.1 Å². The number of hydrogen-bond donors (Lipinski definition) is 4. The summed E-state index contributed by atoms with van der Waals surface area (Å²) in [6.07, 6.45) is 1.52. The molecule has 1 aromatic carbocycles. The summed E-state index contributed by atoms with van der Waals surface area (Å²) in [6.45, 7) is 5.05. The molecule has 1 aliphatic rings. The standard InChI is InChI=1S/C19H22N2O6/c1-4-7-27-18(24)16-14(10-5-6-12(22)13(8-10)26-3)15-11(9-19(16,2)25)20-21-17(15)23/h4-6,8,14,16,22,25H,1,7,9H2,2-3H3,(H2,20,21,23)/t14-,16+,19+/m0/s1. The molecule has 3 rings (SSSR count). The number of aromatic hydroxyl groups is 1. The average molecular weight is 374 g/mol. The van der Waals surface area contributed by atoms with E-state index in [9.17, 15) is 19.8 Å². The van der Waals surface area contributed by atoms with E-state index < -0.39 is 23.4 Å². The number of aromatic amines is 2. The van der Waals surface area contributed by atoms with E-state index in [0.717, 1.165) is 0 Å². The van der Waals surface area contributed by atoms with Gasteiger partial charge in [-0.05, 0) is 24.6 Å². The fourth-order valence-electron chi connectivity index (χ4n) is 3.73. The molecule has 0 saturated carbocycles.